The lowest BCUT2D eigenvalue weighted by molar-refractivity contribution is 0.0918. The molecule has 0 aromatic carbocycles. The van der Waals surface area contributed by atoms with Crippen molar-refractivity contribution < 1.29 is 9.53 Å². The highest BCUT2D eigenvalue weighted by molar-refractivity contribution is 6.00. The van der Waals surface area contributed by atoms with Crippen molar-refractivity contribution in [3.63, 3.8) is 0 Å². The summed E-state index contributed by atoms with van der Waals surface area (Å²) >= 11 is 0. The standard InChI is InChI=1S/C17H19N7O2.C5H8O/c1-18-14-8-13(22-12-6-3-7-19-17(12)26)23-15-11(9-20-24(14)15)16(25)21-10-4-2-5-10;1-4-2-6-3-5(1)4/h3,6-10,18H,2,4-5H2,1H3,(H,19,26)(H,21,25)(H,22,23);4-5H,1-3H2. The van der Waals surface area contributed by atoms with E-state index in [1.807, 2.05) is 0 Å². The van der Waals surface area contributed by atoms with Crippen molar-refractivity contribution in [3.8, 4) is 0 Å². The van der Waals surface area contributed by atoms with E-state index in [1.165, 1.54) is 12.6 Å². The van der Waals surface area contributed by atoms with Crippen molar-refractivity contribution >= 4 is 28.9 Å². The van der Waals surface area contributed by atoms with Gasteiger partial charge in [0.05, 0.1) is 6.20 Å². The number of fused-ring (bicyclic) bond motifs is 2. The van der Waals surface area contributed by atoms with Crippen LogP contribution in [0.2, 0.25) is 0 Å². The number of H-pyrrole nitrogens is 1. The fourth-order valence-corrected chi connectivity index (χ4v) is 3.93. The maximum atomic E-state index is 12.5. The second-order valence-corrected chi connectivity index (χ2v) is 8.50. The molecule has 2 atom stereocenters. The van der Waals surface area contributed by atoms with E-state index in [0.29, 0.717) is 28.5 Å². The van der Waals surface area contributed by atoms with Crippen molar-refractivity contribution in [1.29, 1.82) is 0 Å². The van der Waals surface area contributed by atoms with E-state index in [0.717, 1.165) is 44.3 Å². The van der Waals surface area contributed by atoms with Gasteiger partial charge in [0.25, 0.3) is 11.5 Å². The molecule has 0 spiro atoms. The van der Waals surface area contributed by atoms with Crippen LogP contribution in [0.25, 0.3) is 5.65 Å². The number of anilines is 3. The zero-order valence-electron chi connectivity index (χ0n) is 17.9. The summed E-state index contributed by atoms with van der Waals surface area (Å²) in [6, 6.07) is 5.33. The number of rotatable bonds is 5. The zero-order valence-corrected chi connectivity index (χ0v) is 17.9. The van der Waals surface area contributed by atoms with Crippen LogP contribution in [0.3, 0.4) is 0 Å². The van der Waals surface area contributed by atoms with Crippen molar-refractivity contribution in [3.05, 3.63) is 46.5 Å². The first-order valence-electron chi connectivity index (χ1n) is 11.0. The van der Waals surface area contributed by atoms with Gasteiger partial charge in [-0.3, -0.25) is 9.59 Å². The summed E-state index contributed by atoms with van der Waals surface area (Å²) in [4.78, 5) is 31.5. The van der Waals surface area contributed by atoms with Crippen LogP contribution in [0, 0.1) is 11.8 Å². The number of nitrogens with one attached hydrogen (secondary N) is 4. The molecule has 3 fully saturated rings. The molecule has 3 aromatic rings. The lowest BCUT2D eigenvalue weighted by Crippen LogP contribution is -2.39. The van der Waals surface area contributed by atoms with Crippen molar-refractivity contribution in [2.45, 2.75) is 31.7 Å². The van der Waals surface area contributed by atoms with E-state index >= 15 is 0 Å². The number of aromatic amines is 1. The smallest absolute Gasteiger partial charge is 0.271 e. The highest BCUT2D eigenvalue weighted by atomic mass is 16.5. The highest BCUT2D eigenvalue weighted by Gasteiger charge is 2.41. The van der Waals surface area contributed by atoms with Crippen LogP contribution in [0.4, 0.5) is 17.3 Å². The van der Waals surface area contributed by atoms with Gasteiger partial charge in [0.1, 0.15) is 22.9 Å². The number of nitrogens with zero attached hydrogens (tertiary/aromatic N) is 3. The number of carbonyl (C=O) groups is 1. The highest BCUT2D eigenvalue weighted by Crippen LogP contribution is 2.43. The Bertz CT molecular complexity index is 1180. The molecule has 2 aliphatic carbocycles. The van der Waals surface area contributed by atoms with E-state index in [4.69, 9.17) is 4.74 Å². The first-order chi connectivity index (χ1) is 15.6. The fraction of sp³-hybridized carbons (Fsp3) is 0.455. The first-order valence-corrected chi connectivity index (χ1v) is 11.0. The molecule has 1 saturated heterocycles. The lowest BCUT2D eigenvalue weighted by Gasteiger charge is -2.26. The van der Waals surface area contributed by atoms with Gasteiger partial charge in [-0.2, -0.15) is 9.61 Å². The Labute approximate surface area is 184 Å². The Balaban J connectivity index is 0.000000306. The van der Waals surface area contributed by atoms with Crippen LogP contribution in [0.5, 0.6) is 0 Å². The average Bonchev–Trinajstić information content (AvgIpc) is 3.16. The number of carbonyl (C=O) groups excluding carboxylic acids is 1. The number of ether oxygens (including phenoxy) is 1. The van der Waals surface area contributed by atoms with Gasteiger partial charge in [-0.15, -0.1) is 0 Å². The first kappa shape index (κ1) is 20.5. The average molecular weight is 438 g/mol. The molecule has 1 amide bonds. The molecule has 10 nitrogen and oxygen atoms in total. The lowest BCUT2D eigenvalue weighted by atomic mass is 9.93. The largest absolute Gasteiger partial charge is 0.381 e. The van der Waals surface area contributed by atoms with E-state index < -0.39 is 0 Å². The predicted octanol–water partition coefficient (Wildman–Crippen LogP) is 2.14. The molecule has 168 valence electrons. The van der Waals surface area contributed by atoms with Crippen molar-refractivity contribution in [2.24, 2.45) is 11.8 Å². The number of amides is 1. The molecular formula is C22H27N7O3. The van der Waals surface area contributed by atoms with E-state index in [-0.39, 0.29) is 17.5 Å². The minimum atomic E-state index is -0.253. The van der Waals surface area contributed by atoms with Gasteiger partial charge in [-0.1, -0.05) is 0 Å². The Kier molecular flexibility index (Phi) is 5.52. The van der Waals surface area contributed by atoms with Crippen LogP contribution >= 0.6 is 0 Å². The molecule has 2 unspecified atom stereocenters. The maximum Gasteiger partial charge on any atom is 0.271 e. The molecule has 0 bridgehead atoms. The van der Waals surface area contributed by atoms with Crippen LogP contribution in [-0.2, 0) is 4.74 Å². The molecule has 3 aromatic heterocycles. The SMILES string of the molecule is C1OCC2CC12.CNc1cc(Nc2ccc[nH]c2=O)nc2c(C(=O)NC3CCC3)cnn12. The molecule has 4 N–H and O–H groups in total. The van der Waals surface area contributed by atoms with Gasteiger partial charge in [-0.05, 0) is 49.7 Å². The number of pyridine rings is 1. The van der Waals surface area contributed by atoms with E-state index in [2.05, 4.69) is 31.0 Å². The molecule has 0 radical (unpaired) electrons. The van der Waals surface area contributed by atoms with Gasteiger partial charge in [-0.25, -0.2) is 4.98 Å². The third kappa shape index (κ3) is 4.18. The van der Waals surface area contributed by atoms with Crippen LogP contribution < -0.4 is 21.5 Å². The van der Waals surface area contributed by atoms with Gasteiger partial charge in [0, 0.05) is 38.6 Å². The third-order valence-corrected chi connectivity index (χ3v) is 6.23. The molecule has 32 heavy (non-hydrogen) atoms. The molecule has 2 saturated carbocycles. The minimum absolute atomic E-state index is 0.186. The van der Waals surface area contributed by atoms with Gasteiger partial charge in [0.2, 0.25) is 0 Å². The van der Waals surface area contributed by atoms with Crippen LogP contribution in [0.15, 0.2) is 35.4 Å². The summed E-state index contributed by atoms with van der Waals surface area (Å²) in [5.74, 6) is 2.88. The normalized spacial score (nSPS) is 21.2. The van der Waals surface area contributed by atoms with E-state index in [9.17, 15) is 9.59 Å². The quantitative estimate of drug-likeness (QED) is 0.482. The number of hydrogen-bond donors (Lipinski definition) is 4. The van der Waals surface area contributed by atoms with Gasteiger partial charge < -0.3 is 25.7 Å². The third-order valence-electron chi connectivity index (χ3n) is 6.23. The zero-order chi connectivity index (χ0) is 22.1. The Morgan fingerprint density at radius 3 is 2.69 bits per heavy atom. The summed E-state index contributed by atoms with van der Waals surface area (Å²) in [6.07, 6.45) is 7.67. The summed E-state index contributed by atoms with van der Waals surface area (Å²) in [5, 5.41) is 13.3. The molecule has 4 heterocycles. The monoisotopic (exact) mass is 437 g/mol. The topological polar surface area (TPSA) is 125 Å². The molecular weight excluding hydrogens is 410 g/mol. The van der Waals surface area contributed by atoms with E-state index in [1.54, 1.807) is 36.0 Å². The number of hydrogen-bond acceptors (Lipinski definition) is 7. The Morgan fingerprint density at radius 1 is 1.28 bits per heavy atom. The minimum Gasteiger partial charge on any atom is -0.381 e. The fourth-order valence-electron chi connectivity index (χ4n) is 3.93. The van der Waals surface area contributed by atoms with Gasteiger partial charge in [0.15, 0.2) is 5.65 Å². The molecule has 3 aliphatic rings. The second-order valence-electron chi connectivity index (χ2n) is 8.50. The molecule has 1 aliphatic heterocycles. The van der Waals surface area contributed by atoms with Crippen LogP contribution in [-0.4, -0.2) is 51.8 Å². The van der Waals surface area contributed by atoms with Crippen molar-refractivity contribution in [1.82, 2.24) is 24.9 Å². The summed E-state index contributed by atoms with van der Waals surface area (Å²) in [6.45, 7) is 2.12. The molecule has 10 heteroatoms. The second kappa shape index (κ2) is 8.62. The summed E-state index contributed by atoms with van der Waals surface area (Å²) in [5.41, 5.74) is 0.936. The maximum absolute atomic E-state index is 12.5. The van der Waals surface area contributed by atoms with Gasteiger partial charge >= 0.3 is 0 Å². The Hall–Kier alpha value is -3.40. The van der Waals surface area contributed by atoms with Crippen molar-refractivity contribution in [2.75, 3.05) is 30.9 Å². The summed E-state index contributed by atoms with van der Waals surface area (Å²) < 4.78 is 6.67. The Morgan fingerprint density at radius 2 is 2.09 bits per heavy atom. The summed E-state index contributed by atoms with van der Waals surface area (Å²) in [7, 11) is 1.75. The molecule has 6 rings (SSSR count). The predicted molar refractivity (Wildman–Crippen MR) is 120 cm³/mol. The number of aromatic nitrogens is 4. The van der Waals surface area contributed by atoms with Crippen LogP contribution in [0.1, 0.15) is 36.0 Å².